The van der Waals surface area contributed by atoms with Crippen LogP contribution in [0.2, 0.25) is 0 Å². The highest BCUT2D eigenvalue weighted by atomic mass is 19.4. The van der Waals surface area contributed by atoms with E-state index in [2.05, 4.69) is 10.1 Å². The van der Waals surface area contributed by atoms with Crippen LogP contribution < -0.4 is 0 Å². The first kappa shape index (κ1) is 19.4. The number of aromatic carboxylic acids is 1. The number of hydrogen-bond acceptors (Lipinski definition) is 4. The summed E-state index contributed by atoms with van der Waals surface area (Å²) in [5.74, 6) is -1.23. The smallest absolute Gasteiger partial charge is 0.416 e. The van der Waals surface area contributed by atoms with Crippen molar-refractivity contribution in [3.63, 3.8) is 0 Å². The molecule has 30 heavy (non-hydrogen) atoms. The first-order chi connectivity index (χ1) is 14.3. The number of imidazole rings is 1. The topological polar surface area (TPSA) is 81.2 Å². The summed E-state index contributed by atoms with van der Waals surface area (Å²) >= 11 is 0. The first-order valence-electron chi connectivity index (χ1n) is 8.78. The average Bonchev–Trinajstić information content (AvgIpc) is 3.32. The predicted molar refractivity (Wildman–Crippen MR) is 101 cm³/mol. The van der Waals surface area contributed by atoms with Crippen LogP contribution >= 0.6 is 0 Å². The fourth-order valence-corrected chi connectivity index (χ4v) is 3.13. The molecule has 1 N–H and O–H groups in total. The number of nitrogens with zero attached hydrogens (tertiary/aromatic N) is 3. The zero-order valence-corrected chi connectivity index (χ0v) is 15.5. The maximum atomic E-state index is 12.8. The minimum Gasteiger partial charge on any atom is -0.475 e. The van der Waals surface area contributed by atoms with E-state index >= 15 is 0 Å². The standard InChI is InChI=1S/C21H14F3N3O3/c1-12-17(18(26-30-12)13-5-3-2-4-6-13)16-11-27(19(25-16)20(28)29)15-9-7-14(8-10-15)21(22,23)24/h2-11H,1H3,(H,28,29). The van der Waals surface area contributed by atoms with Crippen LogP contribution in [-0.4, -0.2) is 25.8 Å². The second-order valence-electron chi connectivity index (χ2n) is 6.50. The molecule has 0 saturated heterocycles. The number of alkyl halides is 3. The molecule has 0 amide bonds. The number of halogens is 3. The van der Waals surface area contributed by atoms with Crippen LogP contribution in [0.5, 0.6) is 0 Å². The summed E-state index contributed by atoms with van der Waals surface area (Å²) in [6.45, 7) is 1.67. The molecule has 0 aliphatic heterocycles. The van der Waals surface area contributed by atoms with E-state index in [-0.39, 0.29) is 17.2 Å². The van der Waals surface area contributed by atoms with Gasteiger partial charge in [-0.25, -0.2) is 9.78 Å². The number of aryl methyl sites for hydroxylation is 1. The van der Waals surface area contributed by atoms with E-state index in [1.54, 1.807) is 6.92 Å². The number of carboxylic acid groups (broad SMARTS) is 1. The molecule has 2 aromatic heterocycles. The van der Waals surface area contributed by atoms with E-state index in [1.165, 1.54) is 22.9 Å². The number of aromatic nitrogens is 3. The molecule has 9 heteroatoms. The maximum Gasteiger partial charge on any atom is 0.416 e. The lowest BCUT2D eigenvalue weighted by atomic mass is 10.0. The lowest BCUT2D eigenvalue weighted by Crippen LogP contribution is -2.08. The molecular weight excluding hydrogens is 399 g/mol. The van der Waals surface area contributed by atoms with Crippen molar-refractivity contribution in [1.82, 2.24) is 14.7 Å². The SMILES string of the molecule is Cc1onc(-c2ccccc2)c1-c1cn(-c2ccc(C(F)(F)F)cc2)c(C(=O)O)n1. The molecule has 6 nitrogen and oxygen atoms in total. The van der Waals surface area contributed by atoms with E-state index < -0.39 is 17.7 Å². The highest BCUT2D eigenvalue weighted by molar-refractivity contribution is 5.87. The largest absolute Gasteiger partial charge is 0.475 e. The Labute approximate surface area is 168 Å². The van der Waals surface area contributed by atoms with Gasteiger partial charge in [-0.3, -0.25) is 4.57 Å². The Morgan fingerprint density at radius 3 is 2.33 bits per heavy atom. The zero-order chi connectivity index (χ0) is 21.5. The number of carbonyl (C=O) groups is 1. The highest BCUT2D eigenvalue weighted by Gasteiger charge is 2.30. The second-order valence-corrected chi connectivity index (χ2v) is 6.50. The fourth-order valence-electron chi connectivity index (χ4n) is 3.13. The van der Waals surface area contributed by atoms with E-state index in [9.17, 15) is 23.1 Å². The normalized spacial score (nSPS) is 11.6. The Kier molecular flexibility index (Phi) is 4.65. The van der Waals surface area contributed by atoms with Gasteiger partial charge in [-0.2, -0.15) is 13.2 Å². The summed E-state index contributed by atoms with van der Waals surface area (Å²) < 4.78 is 45.0. The molecule has 0 aliphatic rings. The Morgan fingerprint density at radius 2 is 1.73 bits per heavy atom. The van der Waals surface area contributed by atoms with Crippen LogP contribution in [0.1, 0.15) is 21.9 Å². The van der Waals surface area contributed by atoms with Gasteiger partial charge >= 0.3 is 12.1 Å². The molecule has 0 fully saturated rings. The third-order valence-corrected chi connectivity index (χ3v) is 4.54. The second kappa shape index (κ2) is 7.18. The van der Waals surface area contributed by atoms with Crippen LogP contribution in [0.15, 0.2) is 65.3 Å². The van der Waals surface area contributed by atoms with Crippen LogP contribution in [0.3, 0.4) is 0 Å². The number of carboxylic acids is 1. The summed E-state index contributed by atoms with van der Waals surface area (Å²) in [6.07, 6.45) is -3.05. The third-order valence-electron chi connectivity index (χ3n) is 4.54. The highest BCUT2D eigenvalue weighted by Crippen LogP contribution is 2.35. The Balaban J connectivity index is 1.84. The van der Waals surface area contributed by atoms with Gasteiger partial charge < -0.3 is 9.63 Å². The summed E-state index contributed by atoms with van der Waals surface area (Å²) in [4.78, 5) is 15.9. The number of rotatable bonds is 4. The fraction of sp³-hybridized carbons (Fsp3) is 0.0952. The molecule has 0 spiro atoms. The lowest BCUT2D eigenvalue weighted by Gasteiger charge is -2.09. The monoisotopic (exact) mass is 413 g/mol. The van der Waals surface area contributed by atoms with Crippen LogP contribution in [0, 0.1) is 6.92 Å². The molecular formula is C21H14F3N3O3. The molecule has 0 unspecified atom stereocenters. The predicted octanol–water partition coefficient (Wildman–Crippen LogP) is 5.22. The van der Waals surface area contributed by atoms with Gasteiger partial charge in [0.2, 0.25) is 5.82 Å². The van der Waals surface area contributed by atoms with Crippen molar-refractivity contribution in [1.29, 1.82) is 0 Å². The van der Waals surface area contributed by atoms with Crippen molar-refractivity contribution >= 4 is 5.97 Å². The molecule has 4 rings (SSSR count). The van der Waals surface area contributed by atoms with Gasteiger partial charge in [0.25, 0.3) is 0 Å². The molecule has 2 aromatic carbocycles. The molecule has 4 aromatic rings. The molecule has 0 radical (unpaired) electrons. The summed E-state index contributed by atoms with van der Waals surface area (Å²) in [5, 5.41) is 13.6. The van der Waals surface area contributed by atoms with Crippen LogP contribution in [0.25, 0.3) is 28.2 Å². The molecule has 0 saturated carbocycles. The molecule has 2 heterocycles. The van der Waals surface area contributed by atoms with Crippen molar-refractivity contribution in [2.24, 2.45) is 0 Å². The Hall–Kier alpha value is -3.88. The first-order valence-corrected chi connectivity index (χ1v) is 8.78. The molecule has 0 bridgehead atoms. The van der Waals surface area contributed by atoms with Crippen molar-refractivity contribution in [2.75, 3.05) is 0 Å². The van der Waals surface area contributed by atoms with E-state index in [4.69, 9.17) is 4.52 Å². The minimum atomic E-state index is -4.49. The van der Waals surface area contributed by atoms with Gasteiger partial charge in [-0.1, -0.05) is 35.5 Å². The Morgan fingerprint density at radius 1 is 1.07 bits per heavy atom. The van der Waals surface area contributed by atoms with Crippen molar-refractivity contribution in [3.8, 4) is 28.2 Å². The van der Waals surface area contributed by atoms with Crippen LogP contribution in [-0.2, 0) is 6.18 Å². The lowest BCUT2D eigenvalue weighted by molar-refractivity contribution is -0.137. The summed E-state index contributed by atoms with van der Waals surface area (Å²) in [6, 6.07) is 13.3. The van der Waals surface area contributed by atoms with Gasteiger partial charge in [-0.15, -0.1) is 0 Å². The number of hydrogen-bond donors (Lipinski definition) is 1. The molecule has 0 aliphatic carbocycles. The maximum absolute atomic E-state index is 12.8. The van der Waals surface area contributed by atoms with Gasteiger partial charge in [0.15, 0.2) is 0 Å². The van der Waals surface area contributed by atoms with Crippen molar-refractivity contribution in [3.05, 3.63) is 77.9 Å². The zero-order valence-electron chi connectivity index (χ0n) is 15.5. The minimum absolute atomic E-state index is 0.231. The quantitative estimate of drug-likeness (QED) is 0.496. The van der Waals surface area contributed by atoms with Crippen molar-refractivity contribution < 1.29 is 27.6 Å². The number of benzene rings is 2. The molecule has 0 atom stereocenters. The van der Waals surface area contributed by atoms with E-state index in [1.807, 2.05) is 30.3 Å². The van der Waals surface area contributed by atoms with E-state index in [0.717, 1.165) is 17.7 Å². The average molecular weight is 413 g/mol. The summed E-state index contributed by atoms with van der Waals surface area (Å²) in [7, 11) is 0. The van der Waals surface area contributed by atoms with Gasteiger partial charge in [-0.05, 0) is 31.2 Å². The summed E-state index contributed by atoms with van der Waals surface area (Å²) in [5.41, 5.74) is 1.44. The van der Waals surface area contributed by atoms with Crippen molar-refractivity contribution in [2.45, 2.75) is 13.1 Å². The van der Waals surface area contributed by atoms with Gasteiger partial charge in [0, 0.05) is 17.4 Å². The Bertz CT molecular complexity index is 1210. The van der Waals surface area contributed by atoms with Gasteiger partial charge in [0.05, 0.1) is 16.8 Å². The van der Waals surface area contributed by atoms with Crippen LogP contribution in [0.4, 0.5) is 13.2 Å². The molecule has 152 valence electrons. The van der Waals surface area contributed by atoms with Gasteiger partial charge in [0.1, 0.15) is 11.5 Å². The third kappa shape index (κ3) is 3.45. The van der Waals surface area contributed by atoms with E-state index in [0.29, 0.717) is 17.0 Å².